The van der Waals surface area contributed by atoms with E-state index in [0.717, 1.165) is 43.5 Å². The Morgan fingerprint density at radius 2 is 1.86 bits per heavy atom. The molecule has 2 aromatic heterocycles. The van der Waals surface area contributed by atoms with Gasteiger partial charge in [0.25, 0.3) is 0 Å². The van der Waals surface area contributed by atoms with Crippen LogP contribution < -0.4 is 0 Å². The lowest BCUT2D eigenvalue weighted by molar-refractivity contribution is 0.684. The molecule has 4 rings (SSSR count). The minimum Gasteiger partial charge on any atom is -0.296 e. The summed E-state index contributed by atoms with van der Waals surface area (Å²) in [6.07, 6.45) is 1.77. The van der Waals surface area contributed by atoms with Crippen LogP contribution in [0.5, 0.6) is 0 Å². The normalized spacial score (nSPS) is 11.5. The number of halogens is 1. The summed E-state index contributed by atoms with van der Waals surface area (Å²) in [4.78, 5) is 9.17. The molecule has 5 nitrogen and oxygen atoms in total. The van der Waals surface area contributed by atoms with Crippen LogP contribution in [0.3, 0.4) is 0 Å². The smallest absolute Gasteiger partial charge is 0.111 e. The fourth-order valence-electron chi connectivity index (χ4n) is 3.53. The Labute approximate surface area is 171 Å². The van der Waals surface area contributed by atoms with Crippen LogP contribution in [0.2, 0.25) is 0 Å². The summed E-state index contributed by atoms with van der Waals surface area (Å²) in [6.45, 7) is 5.57. The number of pyridine rings is 1. The molecule has 0 aliphatic rings. The first-order chi connectivity index (χ1) is 13.4. The van der Waals surface area contributed by atoms with E-state index >= 15 is 0 Å². The molecule has 0 spiro atoms. The molecule has 6 heteroatoms. The van der Waals surface area contributed by atoms with Crippen molar-refractivity contribution in [2.45, 2.75) is 26.2 Å². The van der Waals surface area contributed by atoms with Crippen molar-refractivity contribution in [2.75, 3.05) is 0 Å². The third-order valence-corrected chi connectivity index (χ3v) is 5.44. The van der Waals surface area contributed by atoms with E-state index in [1.54, 1.807) is 6.20 Å². The maximum Gasteiger partial charge on any atom is 0.111 e. The maximum atomic E-state index is 9.69. The van der Waals surface area contributed by atoms with Gasteiger partial charge in [-0.2, -0.15) is 10.5 Å². The molecule has 0 bridgehead atoms. The zero-order valence-corrected chi connectivity index (χ0v) is 17.2. The summed E-state index contributed by atoms with van der Waals surface area (Å²) in [5.41, 5.74) is 3.92. The Hall–Kier alpha value is -3.22. The number of fused-ring (bicyclic) bond motifs is 3. The second kappa shape index (κ2) is 6.44. The third kappa shape index (κ3) is 2.74. The summed E-state index contributed by atoms with van der Waals surface area (Å²) in [7, 11) is 0. The van der Waals surface area contributed by atoms with Gasteiger partial charge in [0.15, 0.2) is 0 Å². The lowest BCUT2D eigenvalue weighted by Crippen LogP contribution is -2.16. The molecule has 0 N–H and O–H groups in total. The second-order valence-electron chi connectivity index (χ2n) is 7.23. The Morgan fingerprint density at radius 1 is 1.07 bits per heavy atom. The van der Waals surface area contributed by atoms with E-state index in [4.69, 9.17) is 0 Å². The van der Waals surface area contributed by atoms with Gasteiger partial charge in [-0.3, -0.25) is 9.55 Å². The van der Waals surface area contributed by atoms with Gasteiger partial charge in [-0.05, 0) is 56.7 Å². The van der Waals surface area contributed by atoms with Crippen LogP contribution in [-0.4, -0.2) is 14.5 Å². The Balaban J connectivity index is 2.05. The first-order valence-corrected chi connectivity index (χ1v) is 9.54. The highest BCUT2D eigenvalue weighted by Gasteiger charge is 2.24. The molecule has 0 amide bonds. The molecule has 0 aliphatic carbocycles. The molecule has 0 atom stereocenters. The topological polar surface area (TPSA) is 78.3 Å². The zero-order valence-electron chi connectivity index (χ0n) is 15.7. The van der Waals surface area contributed by atoms with Crippen molar-refractivity contribution in [3.05, 3.63) is 64.0 Å². The largest absolute Gasteiger partial charge is 0.296 e. The van der Waals surface area contributed by atoms with E-state index < -0.39 is 5.41 Å². The van der Waals surface area contributed by atoms with Crippen LogP contribution in [0.25, 0.3) is 27.6 Å². The van der Waals surface area contributed by atoms with E-state index in [1.165, 1.54) is 0 Å². The number of hydrogen-bond acceptors (Lipinski definition) is 4. The zero-order chi connectivity index (χ0) is 20.1. The van der Waals surface area contributed by atoms with Gasteiger partial charge in [-0.15, -0.1) is 0 Å². The molecule has 0 saturated carbocycles. The van der Waals surface area contributed by atoms with Gasteiger partial charge >= 0.3 is 0 Å². The van der Waals surface area contributed by atoms with E-state index in [9.17, 15) is 10.5 Å². The predicted octanol–water partition coefficient (Wildman–Crippen LogP) is 5.32. The molecule has 0 radical (unpaired) electrons. The summed E-state index contributed by atoms with van der Waals surface area (Å²) in [6, 6.07) is 16.1. The highest BCUT2D eigenvalue weighted by molar-refractivity contribution is 9.10. The molecule has 0 unspecified atom stereocenters. The van der Waals surface area contributed by atoms with Crippen LogP contribution >= 0.6 is 15.9 Å². The number of aromatic nitrogens is 3. The van der Waals surface area contributed by atoms with Crippen molar-refractivity contribution in [3.8, 4) is 17.8 Å². The first-order valence-electron chi connectivity index (χ1n) is 8.75. The number of aryl methyl sites for hydroxylation is 1. The van der Waals surface area contributed by atoms with Crippen molar-refractivity contribution < 1.29 is 0 Å². The van der Waals surface area contributed by atoms with E-state index in [-0.39, 0.29) is 0 Å². The molecule has 0 fully saturated rings. The van der Waals surface area contributed by atoms with Gasteiger partial charge in [0.1, 0.15) is 11.3 Å². The van der Waals surface area contributed by atoms with Crippen LogP contribution in [-0.2, 0) is 5.41 Å². The van der Waals surface area contributed by atoms with Crippen LogP contribution in [0.4, 0.5) is 0 Å². The molecular weight excluding hydrogens is 414 g/mol. The molecule has 4 aromatic rings. The third-order valence-electron chi connectivity index (χ3n) is 4.95. The highest BCUT2D eigenvalue weighted by Crippen LogP contribution is 2.32. The van der Waals surface area contributed by atoms with E-state index in [0.29, 0.717) is 5.56 Å². The predicted molar refractivity (Wildman–Crippen MR) is 112 cm³/mol. The number of benzene rings is 2. The summed E-state index contributed by atoms with van der Waals surface area (Å²) in [5, 5.41) is 20.1. The first kappa shape index (κ1) is 18.2. The summed E-state index contributed by atoms with van der Waals surface area (Å²) >= 11 is 3.54. The number of rotatable bonds is 2. The summed E-state index contributed by atoms with van der Waals surface area (Å²) < 4.78 is 3.00. The standard InChI is InChI=1S/C22H16BrN5/c1-13-27-20-11-26-19-7-4-15(23)9-17(19)21(20)28(13)16-5-6-18(14(8-16)10-24)22(2,3)12-25/h4-9,11H,1-3H3. The Bertz CT molecular complexity index is 1340. The molecular formula is C22H16BrN5. The molecule has 2 aromatic carbocycles. The van der Waals surface area contributed by atoms with Gasteiger partial charge in [-0.25, -0.2) is 4.98 Å². The minimum atomic E-state index is -0.739. The van der Waals surface area contributed by atoms with Crippen molar-refractivity contribution in [1.82, 2.24) is 14.5 Å². The molecule has 0 saturated heterocycles. The fraction of sp³-hybridized carbons (Fsp3) is 0.182. The average molecular weight is 430 g/mol. The molecule has 136 valence electrons. The van der Waals surface area contributed by atoms with Crippen molar-refractivity contribution in [2.24, 2.45) is 0 Å². The summed E-state index contributed by atoms with van der Waals surface area (Å²) in [5.74, 6) is 0.806. The number of nitriles is 2. The van der Waals surface area contributed by atoms with Crippen LogP contribution in [0.15, 0.2) is 47.1 Å². The van der Waals surface area contributed by atoms with Gasteiger partial charge in [0.2, 0.25) is 0 Å². The van der Waals surface area contributed by atoms with Crippen LogP contribution in [0.1, 0.15) is 30.8 Å². The SMILES string of the molecule is Cc1nc2cnc3ccc(Br)cc3c2n1-c1ccc(C(C)(C)C#N)c(C#N)c1. The van der Waals surface area contributed by atoms with E-state index in [2.05, 4.69) is 38.0 Å². The molecule has 2 heterocycles. The van der Waals surface area contributed by atoms with Gasteiger partial charge in [0.05, 0.1) is 40.3 Å². The highest BCUT2D eigenvalue weighted by atomic mass is 79.9. The van der Waals surface area contributed by atoms with Gasteiger partial charge < -0.3 is 0 Å². The fourth-order valence-corrected chi connectivity index (χ4v) is 3.89. The van der Waals surface area contributed by atoms with Crippen molar-refractivity contribution in [1.29, 1.82) is 10.5 Å². The monoisotopic (exact) mass is 429 g/mol. The lowest BCUT2D eigenvalue weighted by Gasteiger charge is -2.18. The minimum absolute atomic E-state index is 0.491. The molecule has 28 heavy (non-hydrogen) atoms. The van der Waals surface area contributed by atoms with E-state index in [1.807, 2.05) is 61.7 Å². The Kier molecular flexibility index (Phi) is 4.18. The quantitative estimate of drug-likeness (QED) is 0.431. The average Bonchev–Trinajstić information content (AvgIpc) is 3.03. The lowest BCUT2D eigenvalue weighted by atomic mass is 9.83. The van der Waals surface area contributed by atoms with Crippen LogP contribution in [0, 0.1) is 29.6 Å². The maximum absolute atomic E-state index is 9.69. The molecule has 0 aliphatic heterocycles. The van der Waals surface area contributed by atoms with Gasteiger partial charge in [0, 0.05) is 15.5 Å². The number of nitrogens with zero attached hydrogens (tertiary/aromatic N) is 5. The van der Waals surface area contributed by atoms with Crippen molar-refractivity contribution >= 4 is 37.9 Å². The van der Waals surface area contributed by atoms with Crippen molar-refractivity contribution in [3.63, 3.8) is 0 Å². The Morgan fingerprint density at radius 3 is 2.57 bits per heavy atom. The second-order valence-corrected chi connectivity index (χ2v) is 8.14. The van der Waals surface area contributed by atoms with Gasteiger partial charge in [-0.1, -0.05) is 22.0 Å². The number of imidazole rings is 1. The number of hydrogen-bond donors (Lipinski definition) is 0.